The highest BCUT2D eigenvalue weighted by atomic mass is 16.5. The number of amides is 2. The number of aromatic nitrogens is 2. The van der Waals surface area contributed by atoms with Crippen molar-refractivity contribution in [1.82, 2.24) is 20.4 Å². The van der Waals surface area contributed by atoms with E-state index in [0.717, 1.165) is 38.2 Å². The van der Waals surface area contributed by atoms with Crippen LogP contribution in [0.2, 0.25) is 0 Å². The van der Waals surface area contributed by atoms with Gasteiger partial charge >= 0.3 is 6.03 Å². The van der Waals surface area contributed by atoms with E-state index in [2.05, 4.69) is 15.5 Å². The summed E-state index contributed by atoms with van der Waals surface area (Å²) in [6.07, 6.45) is 5.24. The van der Waals surface area contributed by atoms with Gasteiger partial charge < -0.3 is 19.5 Å². The van der Waals surface area contributed by atoms with Crippen molar-refractivity contribution in [2.75, 3.05) is 33.4 Å². The van der Waals surface area contributed by atoms with Gasteiger partial charge in [0.15, 0.2) is 5.82 Å². The molecule has 0 spiro atoms. The molecule has 1 saturated carbocycles. The van der Waals surface area contributed by atoms with Gasteiger partial charge in [-0.3, -0.25) is 0 Å². The summed E-state index contributed by atoms with van der Waals surface area (Å²) in [6.45, 7) is 2.65. The zero-order valence-corrected chi connectivity index (χ0v) is 13.1. The predicted molar refractivity (Wildman–Crippen MR) is 79.5 cm³/mol. The molecule has 0 radical (unpaired) electrons. The van der Waals surface area contributed by atoms with Crippen LogP contribution in [0.4, 0.5) is 4.79 Å². The molecule has 1 aliphatic heterocycles. The van der Waals surface area contributed by atoms with E-state index in [-0.39, 0.29) is 6.03 Å². The number of rotatable bonds is 6. The first-order valence-electron chi connectivity index (χ1n) is 8.10. The molecule has 0 aromatic carbocycles. The minimum Gasteiger partial charge on any atom is -0.383 e. The van der Waals surface area contributed by atoms with Crippen LogP contribution in [0.3, 0.4) is 0 Å². The van der Waals surface area contributed by atoms with Crippen LogP contribution in [0, 0.1) is 5.92 Å². The van der Waals surface area contributed by atoms with E-state index in [9.17, 15) is 4.79 Å². The second-order valence-electron chi connectivity index (χ2n) is 6.20. The highest BCUT2D eigenvalue weighted by molar-refractivity contribution is 5.74. The molecule has 2 aliphatic rings. The number of nitrogens with zero attached hydrogens (tertiary/aromatic N) is 3. The molecule has 1 unspecified atom stereocenters. The van der Waals surface area contributed by atoms with Crippen LogP contribution in [0.15, 0.2) is 4.52 Å². The summed E-state index contributed by atoms with van der Waals surface area (Å²) in [4.78, 5) is 18.4. The Kier molecular flexibility index (Phi) is 4.92. The number of hydrogen-bond acceptors (Lipinski definition) is 5. The first-order chi connectivity index (χ1) is 10.8. The zero-order valence-electron chi connectivity index (χ0n) is 13.1. The molecule has 1 atom stereocenters. The number of hydrogen-bond donors (Lipinski definition) is 1. The van der Waals surface area contributed by atoms with Crippen molar-refractivity contribution in [3.05, 3.63) is 11.7 Å². The molecule has 2 fully saturated rings. The van der Waals surface area contributed by atoms with Crippen LogP contribution < -0.4 is 5.32 Å². The van der Waals surface area contributed by atoms with Crippen LogP contribution in [0.1, 0.15) is 43.3 Å². The molecule has 22 heavy (non-hydrogen) atoms. The number of carbonyl (C=O) groups excluding carboxylic acids is 1. The van der Waals surface area contributed by atoms with Crippen molar-refractivity contribution in [2.45, 2.75) is 38.0 Å². The van der Waals surface area contributed by atoms with E-state index in [0.29, 0.717) is 30.9 Å². The van der Waals surface area contributed by atoms with Gasteiger partial charge in [-0.05, 0) is 31.6 Å². The monoisotopic (exact) mass is 308 g/mol. The van der Waals surface area contributed by atoms with Crippen LogP contribution >= 0.6 is 0 Å². The maximum absolute atomic E-state index is 12.1. The second-order valence-corrected chi connectivity index (χ2v) is 6.20. The van der Waals surface area contributed by atoms with Gasteiger partial charge in [0.2, 0.25) is 5.89 Å². The van der Waals surface area contributed by atoms with E-state index in [1.165, 1.54) is 12.8 Å². The Balaban J connectivity index is 1.48. The van der Waals surface area contributed by atoms with E-state index in [1.54, 1.807) is 7.11 Å². The number of ether oxygens (including phenoxy) is 1. The molecule has 2 amide bonds. The largest absolute Gasteiger partial charge is 0.383 e. The average molecular weight is 308 g/mol. The molecule has 1 N–H and O–H groups in total. The first-order valence-corrected chi connectivity index (χ1v) is 8.10. The standard InChI is InChI=1S/C15H24N4O3/c1-21-8-6-16-15(20)19-7-2-3-11(10-19)9-13-17-14(18-22-13)12-4-5-12/h11-12H,2-10H2,1H3,(H,16,20). The summed E-state index contributed by atoms with van der Waals surface area (Å²) >= 11 is 0. The van der Waals surface area contributed by atoms with Crippen molar-refractivity contribution < 1.29 is 14.1 Å². The van der Waals surface area contributed by atoms with Crippen LogP contribution in [0.5, 0.6) is 0 Å². The molecular weight excluding hydrogens is 284 g/mol. The summed E-state index contributed by atoms with van der Waals surface area (Å²) in [5, 5.41) is 6.93. The smallest absolute Gasteiger partial charge is 0.317 e. The van der Waals surface area contributed by atoms with Gasteiger partial charge in [-0.15, -0.1) is 0 Å². The summed E-state index contributed by atoms with van der Waals surface area (Å²) < 4.78 is 10.3. The molecule has 1 aliphatic carbocycles. The Bertz CT molecular complexity index is 501. The summed E-state index contributed by atoms with van der Waals surface area (Å²) in [6, 6.07) is -0.00838. The third-order valence-corrected chi connectivity index (χ3v) is 4.28. The molecular formula is C15H24N4O3. The van der Waals surface area contributed by atoms with Crippen LogP contribution in [0.25, 0.3) is 0 Å². The third kappa shape index (κ3) is 3.97. The number of nitrogens with one attached hydrogen (secondary N) is 1. The fourth-order valence-corrected chi connectivity index (χ4v) is 2.89. The number of piperidine rings is 1. The molecule has 2 heterocycles. The highest BCUT2D eigenvalue weighted by Gasteiger charge is 2.30. The minimum atomic E-state index is -0.00838. The first kappa shape index (κ1) is 15.3. The van der Waals surface area contributed by atoms with Crippen molar-refractivity contribution in [3.63, 3.8) is 0 Å². The molecule has 1 aromatic heterocycles. The number of methoxy groups -OCH3 is 1. The fourth-order valence-electron chi connectivity index (χ4n) is 2.89. The molecule has 0 bridgehead atoms. The Morgan fingerprint density at radius 1 is 1.45 bits per heavy atom. The Hall–Kier alpha value is -1.63. The topological polar surface area (TPSA) is 80.5 Å². The Morgan fingerprint density at radius 2 is 2.32 bits per heavy atom. The summed E-state index contributed by atoms with van der Waals surface area (Å²) in [5.74, 6) is 2.50. The fraction of sp³-hybridized carbons (Fsp3) is 0.800. The van der Waals surface area contributed by atoms with Gasteiger partial charge in [-0.25, -0.2) is 4.79 Å². The number of carbonyl (C=O) groups is 1. The van der Waals surface area contributed by atoms with Gasteiger partial charge in [-0.2, -0.15) is 4.98 Å². The lowest BCUT2D eigenvalue weighted by atomic mass is 9.95. The quantitative estimate of drug-likeness (QED) is 0.807. The summed E-state index contributed by atoms with van der Waals surface area (Å²) in [7, 11) is 1.63. The average Bonchev–Trinajstić information content (AvgIpc) is 3.28. The van der Waals surface area contributed by atoms with E-state index in [4.69, 9.17) is 9.26 Å². The lowest BCUT2D eigenvalue weighted by Crippen LogP contribution is -2.46. The van der Waals surface area contributed by atoms with Crippen molar-refractivity contribution >= 4 is 6.03 Å². The van der Waals surface area contributed by atoms with E-state index < -0.39 is 0 Å². The number of likely N-dealkylation sites (tertiary alicyclic amines) is 1. The zero-order chi connectivity index (χ0) is 15.4. The number of urea groups is 1. The summed E-state index contributed by atoms with van der Waals surface area (Å²) in [5.41, 5.74) is 0. The molecule has 122 valence electrons. The van der Waals surface area contributed by atoms with Crippen molar-refractivity contribution in [2.24, 2.45) is 5.92 Å². The molecule has 3 rings (SSSR count). The minimum absolute atomic E-state index is 0.00838. The van der Waals surface area contributed by atoms with Crippen LogP contribution in [-0.4, -0.2) is 54.4 Å². The van der Waals surface area contributed by atoms with Gasteiger partial charge in [0.25, 0.3) is 0 Å². The highest BCUT2D eigenvalue weighted by Crippen LogP contribution is 2.38. The predicted octanol–water partition coefficient (Wildman–Crippen LogP) is 1.56. The molecule has 1 saturated heterocycles. The van der Waals surface area contributed by atoms with Gasteiger partial charge in [0, 0.05) is 39.1 Å². The van der Waals surface area contributed by atoms with Crippen LogP contribution in [-0.2, 0) is 11.2 Å². The maximum atomic E-state index is 12.1. The van der Waals surface area contributed by atoms with Gasteiger partial charge in [-0.1, -0.05) is 5.16 Å². The van der Waals surface area contributed by atoms with Crippen molar-refractivity contribution in [1.29, 1.82) is 0 Å². The molecule has 7 nitrogen and oxygen atoms in total. The van der Waals surface area contributed by atoms with E-state index >= 15 is 0 Å². The lowest BCUT2D eigenvalue weighted by molar-refractivity contribution is 0.154. The molecule has 1 aromatic rings. The third-order valence-electron chi connectivity index (χ3n) is 4.28. The normalized spacial score (nSPS) is 21.9. The Morgan fingerprint density at radius 3 is 3.09 bits per heavy atom. The lowest BCUT2D eigenvalue weighted by Gasteiger charge is -2.32. The van der Waals surface area contributed by atoms with Crippen molar-refractivity contribution in [3.8, 4) is 0 Å². The maximum Gasteiger partial charge on any atom is 0.317 e. The second kappa shape index (κ2) is 7.09. The molecule has 7 heteroatoms. The Labute approximate surface area is 130 Å². The SMILES string of the molecule is COCCNC(=O)N1CCCC(Cc2nc(C3CC3)no2)C1. The van der Waals surface area contributed by atoms with Gasteiger partial charge in [0.1, 0.15) is 0 Å². The van der Waals surface area contributed by atoms with E-state index in [1.807, 2.05) is 4.90 Å². The van der Waals surface area contributed by atoms with Gasteiger partial charge in [0.05, 0.1) is 6.61 Å².